The van der Waals surface area contributed by atoms with Crippen molar-refractivity contribution < 1.29 is 0 Å². The van der Waals surface area contributed by atoms with Crippen LogP contribution in [0.25, 0.3) is 0 Å². The fourth-order valence-corrected chi connectivity index (χ4v) is 1.05. The molecule has 0 saturated heterocycles. The Balaban J connectivity index is 3.04. The minimum atomic E-state index is 0.769. The molecule has 0 aliphatic heterocycles. The van der Waals surface area contributed by atoms with E-state index in [4.69, 9.17) is 0 Å². The Kier molecular flexibility index (Phi) is 4.11. The van der Waals surface area contributed by atoms with Gasteiger partial charge >= 0.3 is 0 Å². The van der Waals surface area contributed by atoms with Crippen molar-refractivity contribution in [1.29, 1.82) is 0 Å². The van der Waals surface area contributed by atoms with Crippen LogP contribution in [0.15, 0.2) is 34.5 Å². The van der Waals surface area contributed by atoms with Crippen LogP contribution < -0.4 is 5.12 Å². The van der Waals surface area contributed by atoms with Crippen molar-refractivity contribution in [3.05, 3.63) is 29.8 Å². The van der Waals surface area contributed by atoms with E-state index in [2.05, 4.69) is 45.0 Å². The third-order valence-corrected chi connectivity index (χ3v) is 1.70. The monoisotopic (exact) mass is 221 g/mol. The summed E-state index contributed by atoms with van der Waals surface area (Å²) in [4.78, 5) is 0. The second-order valence-electron chi connectivity index (χ2n) is 2.51. The molecule has 0 atom stereocenters. The van der Waals surface area contributed by atoms with E-state index in [1.165, 1.54) is 5.12 Å². The van der Waals surface area contributed by atoms with Gasteiger partial charge in [-0.25, -0.2) is 0 Å². The summed E-state index contributed by atoms with van der Waals surface area (Å²) < 4.78 is 0. The van der Waals surface area contributed by atoms with Gasteiger partial charge in [-0.15, -0.1) is 5.12 Å². The number of aryl methyl sites for hydroxylation is 1. The molecular weight excluding hydrogens is 214 g/mol. The average Bonchev–Trinajstić information content (AvgIpc) is 2.19. The van der Waals surface area contributed by atoms with Crippen molar-refractivity contribution in [3.63, 3.8) is 0 Å². The van der Waals surface area contributed by atoms with Crippen molar-refractivity contribution in [1.82, 2.24) is 0 Å². The van der Waals surface area contributed by atoms with Crippen molar-refractivity contribution in [3.8, 4) is 0 Å². The first-order valence-electron chi connectivity index (χ1n) is 3.80. The first-order chi connectivity index (χ1) is 6.77. The van der Waals surface area contributed by atoms with Gasteiger partial charge in [-0.2, -0.15) is 0 Å². The SMILES string of the molecule is Cc1ccc(N(N=C=S)N=C=S)cc1. The van der Waals surface area contributed by atoms with Crippen LogP contribution in [-0.2, 0) is 0 Å². The van der Waals surface area contributed by atoms with E-state index in [-0.39, 0.29) is 0 Å². The van der Waals surface area contributed by atoms with Gasteiger partial charge in [0.05, 0.1) is 16.0 Å². The van der Waals surface area contributed by atoms with Gasteiger partial charge in [-0.1, -0.05) is 27.9 Å². The van der Waals surface area contributed by atoms with Gasteiger partial charge in [0, 0.05) is 0 Å². The predicted octanol–water partition coefficient (Wildman–Crippen LogP) is 2.84. The molecule has 0 amide bonds. The van der Waals surface area contributed by atoms with Crippen LogP contribution in [0.2, 0.25) is 0 Å². The highest BCUT2D eigenvalue weighted by Gasteiger charge is 2.00. The zero-order valence-corrected chi connectivity index (χ0v) is 9.10. The van der Waals surface area contributed by atoms with Crippen molar-refractivity contribution >= 4 is 40.4 Å². The molecule has 1 rings (SSSR count). The fraction of sp³-hybridized carbons (Fsp3) is 0.111. The number of anilines is 1. The van der Waals surface area contributed by atoms with E-state index in [1.807, 2.05) is 31.2 Å². The lowest BCUT2D eigenvalue weighted by Crippen LogP contribution is -2.05. The first kappa shape index (κ1) is 10.7. The fourth-order valence-electron chi connectivity index (χ4n) is 0.893. The summed E-state index contributed by atoms with van der Waals surface area (Å²) in [5.74, 6) is 0. The topological polar surface area (TPSA) is 28.0 Å². The molecule has 3 nitrogen and oxygen atoms in total. The highest BCUT2D eigenvalue weighted by Crippen LogP contribution is 2.14. The first-order valence-corrected chi connectivity index (χ1v) is 4.62. The van der Waals surface area contributed by atoms with Crippen molar-refractivity contribution in [2.75, 3.05) is 5.12 Å². The molecule has 0 aromatic heterocycles. The van der Waals surface area contributed by atoms with Crippen LogP contribution in [-0.4, -0.2) is 10.3 Å². The molecule has 0 N–H and O–H groups in total. The van der Waals surface area contributed by atoms with Gasteiger partial charge in [-0.3, -0.25) is 0 Å². The lowest BCUT2D eigenvalue weighted by atomic mass is 10.2. The summed E-state index contributed by atoms with van der Waals surface area (Å²) in [5.41, 5.74) is 1.93. The minimum absolute atomic E-state index is 0.769. The molecular formula is C9H7N3S2. The number of benzene rings is 1. The molecule has 1 aromatic carbocycles. The molecule has 0 bridgehead atoms. The second-order valence-corrected chi connectivity index (χ2v) is 2.87. The van der Waals surface area contributed by atoms with Gasteiger partial charge < -0.3 is 0 Å². The normalized spacial score (nSPS) is 8.36. The highest BCUT2D eigenvalue weighted by atomic mass is 32.1. The average molecular weight is 221 g/mol. The molecule has 0 saturated carbocycles. The number of nitrogens with zero attached hydrogens (tertiary/aromatic N) is 3. The number of thiocarbonyl (C=S) groups is 2. The van der Waals surface area contributed by atoms with Gasteiger partial charge in [0.1, 0.15) is 0 Å². The Morgan fingerprint density at radius 1 is 1.07 bits per heavy atom. The molecule has 14 heavy (non-hydrogen) atoms. The maximum Gasteiger partial charge on any atom is 0.0872 e. The number of rotatable bonds is 3. The molecule has 70 valence electrons. The van der Waals surface area contributed by atoms with Crippen molar-refractivity contribution in [2.24, 2.45) is 10.2 Å². The van der Waals surface area contributed by atoms with Crippen LogP contribution in [0.4, 0.5) is 5.69 Å². The quantitative estimate of drug-likeness (QED) is 0.446. The van der Waals surface area contributed by atoms with E-state index in [9.17, 15) is 0 Å². The number of hydrogen-bond donors (Lipinski definition) is 0. The van der Waals surface area contributed by atoms with E-state index in [1.54, 1.807) is 0 Å². The van der Waals surface area contributed by atoms with Crippen molar-refractivity contribution in [2.45, 2.75) is 6.92 Å². The summed E-state index contributed by atoms with van der Waals surface area (Å²) in [6.07, 6.45) is 0. The Hall–Kier alpha value is -1.38. The number of isothiocyanates is 2. The summed E-state index contributed by atoms with van der Waals surface area (Å²) in [6, 6.07) is 7.61. The van der Waals surface area contributed by atoms with E-state index < -0.39 is 0 Å². The number of hydrazone groups is 2. The molecule has 0 unspecified atom stereocenters. The van der Waals surface area contributed by atoms with Gasteiger partial charge in [-0.05, 0) is 43.5 Å². The molecule has 5 heteroatoms. The van der Waals surface area contributed by atoms with E-state index >= 15 is 0 Å². The van der Waals surface area contributed by atoms with Crippen LogP contribution in [0, 0.1) is 6.92 Å². The second kappa shape index (κ2) is 5.37. The Labute approximate surface area is 92.7 Å². The standard InChI is InChI=1S/C9H7N3S2/c1-8-2-4-9(5-3-8)12(10-6-13)11-7-14/h2-5H,1H3. The number of hydrogen-bond acceptors (Lipinski definition) is 5. The molecule has 1 aromatic rings. The summed E-state index contributed by atoms with van der Waals surface area (Å²) in [5, 5.41) is 13.1. The molecule has 0 aliphatic rings. The van der Waals surface area contributed by atoms with Crippen LogP contribution in [0.1, 0.15) is 5.56 Å². The van der Waals surface area contributed by atoms with E-state index in [0.717, 1.165) is 11.3 Å². The zero-order chi connectivity index (χ0) is 10.4. The molecule has 0 spiro atoms. The predicted molar refractivity (Wildman–Crippen MR) is 63.7 cm³/mol. The summed E-state index contributed by atoms with van der Waals surface area (Å²) >= 11 is 8.98. The van der Waals surface area contributed by atoms with Crippen LogP contribution in [0.3, 0.4) is 0 Å². The molecule has 0 aliphatic carbocycles. The summed E-state index contributed by atoms with van der Waals surface area (Å²) in [6.45, 7) is 2.00. The molecule has 0 fully saturated rings. The van der Waals surface area contributed by atoms with E-state index in [0.29, 0.717) is 0 Å². The Morgan fingerprint density at radius 3 is 2.00 bits per heavy atom. The lowest BCUT2D eigenvalue weighted by Gasteiger charge is -2.08. The zero-order valence-electron chi connectivity index (χ0n) is 7.47. The Bertz CT molecular complexity index is 383. The van der Waals surface area contributed by atoms with Crippen LogP contribution >= 0.6 is 24.4 Å². The highest BCUT2D eigenvalue weighted by molar-refractivity contribution is 7.78. The lowest BCUT2D eigenvalue weighted by molar-refractivity contribution is 0.944. The largest absolute Gasteiger partial charge is 0.134 e. The third-order valence-electron chi connectivity index (χ3n) is 1.54. The van der Waals surface area contributed by atoms with Crippen LogP contribution in [0.5, 0.6) is 0 Å². The smallest absolute Gasteiger partial charge is 0.0872 e. The third kappa shape index (κ3) is 2.83. The van der Waals surface area contributed by atoms with Gasteiger partial charge in [0.2, 0.25) is 0 Å². The summed E-state index contributed by atoms with van der Waals surface area (Å²) in [7, 11) is 0. The molecule has 0 heterocycles. The van der Waals surface area contributed by atoms with Gasteiger partial charge in [0.15, 0.2) is 0 Å². The molecule has 0 radical (unpaired) electrons. The maximum absolute atomic E-state index is 4.49. The maximum atomic E-state index is 4.49. The van der Waals surface area contributed by atoms with Gasteiger partial charge in [0.25, 0.3) is 0 Å². The minimum Gasteiger partial charge on any atom is -0.134 e. The Morgan fingerprint density at radius 2 is 1.57 bits per heavy atom.